The zero-order valence-electron chi connectivity index (χ0n) is 18.5. The molecule has 158 valence electrons. The Morgan fingerprint density at radius 1 is 1.21 bits per heavy atom. The van der Waals surface area contributed by atoms with Gasteiger partial charge in [0.25, 0.3) is 0 Å². The van der Waals surface area contributed by atoms with Crippen LogP contribution in [0.4, 0.5) is 10.5 Å². The van der Waals surface area contributed by atoms with Crippen LogP contribution >= 0.6 is 0 Å². The molecule has 1 heterocycles. The first-order chi connectivity index (χ1) is 13.9. The summed E-state index contributed by atoms with van der Waals surface area (Å²) in [5.74, 6) is 1.49. The number of anilines is 1. The highest BCUT2D eigenvalue weighted by atomic mass is 16.2. The molecule has 2 bridgehead atoms. The third-order valence-electron chi connectivity index (χ3n) is 7.93. The summed E-state index contributed by atoms with van der Waals surface area (Å²) in [4.78, 5) is 17.0. The zero-order valence-corrected chi connectivity index (χ0v) is 18.5. The van der Waals surface area contributed by atoms with E-state index in [0.29, 0.717) is 11.3 Å². The maximum absolute atomic E-state index is 13.3. The van der Waals surface area contributed by atoms with Crippen molar-refractivity contribution in [1.29, 1.82) is 0 Å². The lowest BCUT2D eigenvalue weighted by molar-refractivity contribution is -0.904. The molecule has 2 amide bonds. The van der Waals surface area contributed by atoms with Gasteiger partial charge in [0.15, 0.2) is 0 Å². The molecule has 0 unspecified atom stereocenters. The van der Waals surface area contributed by atoms with Gasteiger partial charge in [0.05, 0.1) is 26.2 Å². The Morgan fingerprint density at radius 2 is 1.97 bits per heavy atom. The molecule has 2 fully saturated rings. The number of allylic oxidation sites excluding steroid dienone is 1. The minimum atomic E-state index is 0.0517. The molecule has 1 aromatic carbocycles. The Balaban J connectivity index is 1.45. The van der Waals surface area contributed by atoms with Gasteiger partial charge < -0.3 is 15.1 Å². The molecule has 4 aliphatic rings. The van der Waals surface area contributed by atoms with Gasteiger partial charge in [-0.2, -0.15) is 0 Å². The molecular formula is C25H38N3O+. The van der Waals surface area contributed by atoms with Gasteiger partial charge in [-0.1, -0.05) is 43.7 Å². The Morgan fingerprint density at radius 3 is 2.66 bits per heavy atom. The number of likely N-dealkylation sites (tertiary alicyclic amines) is 1. The van der Waals surface area contributed by atoms with Crippen molar-refractivity contribution in [2.24, 2.45) is 17.3 Å². The first-order valence-electron chi connectivity index (χ1n) is 11.6. The highest BCUT2D eigenvalue weighted by Crippen LogP contribution is 2.59. The van der Waals surface area contributed by atoms with Gasteiger partial charge in [-0.3, -0.25) is 0 Å². The predicted octanol–water partition coefficient (Wildman–Crippen LogP) is 3.89. The van der Waals surface area contributed by atoms with Crippen molar-refractivity contribution < 1.29 is 9.69 Å². The van der Waals surface area contributed by atoms with Crippen molar-refractivity contribution in [1.82, 2.24) is 4.90 Å². The number of nitrogens with one attached hydrogen (secondary N) is 2. The van der Waals surface area contributed by atoms with Crippen LogP contribution in [0.15, 0.2) is 35.9 Å². The third kappa shape index (κ3) is 4.37. The van der Waals surface area contributed by atoms with E-state index in [0.717, 1.165) is 36.8 Å². The van der Waals surface area contributed by atoms with E-state index >= 15 is 0 Å². The van der Waals surface area contributed by atoms with E-state index in [2.05, 4.69) is 43.1 Å². The number of hydrogen-bond acceptors (Lipinski definition) is 1. The number of aryl methyl sites for hydroxylation is 1. The molecule has 29 heavy (non-hydrogen) atoms. The van der Waals surface area contributed by atoms with Crippen LogP contribution in [-0.2, 0) is 0 Å². The van der Waals surface area contributed by atoms with E-state index in [4.69, 9.17) is 0 Å². The van der Waals surface area contributed by atoms with Crippen molar-refractivity contribution in [2.75, 3.05) is 38.0 Å². The molecule has 5 rings (SSSR count). The van der Waals surface area contributed by atoms with Crippen molar-refractivity contribution >= 4 is 11.7 Å². The average Bonchev–Trinajstić information content (AvgIpc) is 2.73. The summed E-state index contributed by atoms with van der Waals surface area (Å²) in [6.07, 6.45) is 8.95. The van der Waals surface area contributed by atoms with Crippen LogP contribution < -0.4 is 10.2 Å². The second kappa shape index (κ2) is 8.51. The summed E-state index contributed by atoms with van der Waals surface area (Å²) in [5, 5.41) is 3.19. The SMILES string of the molecule is Cc1ccccc1NC(=O)N(CC[NH+]1CCCCC1)CC1=CC[C@H]2C[C@@H]1C2(C)C. The van der Waals surface area contributed by atoms with Gasteiger partial charge in [0.2, 0.25) is 0 Å². The van der Waals surface area contributed by atoms with E-state index < -0.39 is 0 Å². The molecular weight excluding hydrogens is 358 g/mol. The van der Waals surface area contributed by atoms with Crippen LogP contribution in [-0.4, -0.2) is 43.7 Å². The quantitative estimate of drug-likeness (QED) is 0.703. The van der Waals surface area contributed by atoms with E-state index in [1.54, 1.807) is 4.90 Å². The molecule has 0 aromatic heterocycles. The standard InChI is InChI=1S/C25H37N3O/c1-19-9-5-6-10-23(19)26-24(29)28(16-15-27-13-7-4-8-14-27)18-20-11-12-21-17-22(20)25(21,2)3/h5-6,9-11,21-22H,4,7-8,12-18H2,1-3H3,(H,26,29)/p+1/t21-,22-/m0/s1. The lowest BCUT2D eigenvalue weighted by atomic mass is 9.49. The zero-order chi connectivity index (χ0) is 20.4. The predicted molar refractivity (Wildman–Crippen MR) is 119 cm³/mol. The maximum atomic E-state index is 13.3. The van der Waals surface area contributed by atoms with E-state index in [-0.39, 0.29) is 6.03 Å². The molecule has 1 saturated carbocycles. The molecule has 4 heteroatoms. The number of hydrogen-bond donors (Lipinski definition) is 2. The van der Waals surface area contributed by atoms with Crippen LogP contribution in [0.25, 0.3) is 0 Å². The van der Waals surface area contributed by atoms with Crippen molar-refractivity contribution in [3.05, 3.63) is 41.5 Å². The smallest absolute Gasteiger partial charge is 0.322 e. The monoisotopic (exact) mass is 396 g/mol. The summed E-state index contributed by atoms with van der Waals surface area (Å²) in [6, 6.07) is 8.12. The number of rotatable bonds is 6. The molecule has 2 atom stereocenters. The highest BCUT2D eigenvalue weighted by molar-refractivity contribution is 5.90. The van der Waals surface area contributed by atoms with E-state index in [1.165, 1.54) is 50.8 Å². The van der Waals surface area contributed by atoms with Crippen LogP contribution in [0, 0.1) is 24.2 Å². The van der Waals surface area contributed by atoms with Gasteiger partial charge in [0.1, 0.15) is 0 Å². The lowest BCUT2D eigenvalue weighted by Gasteiger charge is -2.57. The number of para-hydroxylation sites is 1. The van der Waals surface area contributed by atoms with Gasteiger partial charge in [0, 0.05) is 12.2 Å². The molecule has 0 radical (unpaired) electrons. The fourth-order valence-electron chi connectivity index (χ4n) is 5.63. The first kappa shape index (κ1) is 20.5. The number of amides is 2. The summed E-state index contributed by atoms with van der Waals surface area (Å²) in [7, 11) is 0. The molecule has 0 spiro atoms. The van der Waals surface area contributed by atoms with Crippen molar-refractivity contribution in [2.45, 2.75) is 52.9 Å². The van der Waals surface area contributed by atoms with Gasteiger partial charge in [-0.15, -0.1) is 0 Å². The Hall–Kier alpha value is -1.81. The average molecular weight is 397 g/mol. The summed E-state index contributed by atoms with van der Waals surface area (Å²) in [6.45, 7) is 12.1. The van der Waals surface area contributed by atoms with Crippen LogP contribution in [0.5, 0.6) is 0 Å². The molecule has 1 saturated heterocycles. The van der Waals surface area contributed by atoms with Crippen LogP contribution in [0.2, 0.25) is 0 Å². The molecule has 2 N–H and O–H groups in total. The Kier molecular flexibility index (Phi) is 6.00. The number of nitrogens with zero attached hydrogens (tertiary/aromatic N) is 1. The number of quaternary nitrogens is 1. The van der Waals surface area contributed by atoms with Gasteiger partial charge in [-0.05, 0) is 67.9 Å². The normalized spacial score (nSPS) is 25.7. The molecule has 4 nitrogen and oxygen atoms in total. The minimum Gasteiger partial charge on any atom is -0.333 e. The van der Waals surface area contributed by atoms with Crippen LogP contribution in [0.1, 0.15) is 51.5 Å². The van der Waals surface area contributed by atoms with Crippen molar-refractivity contribution in [3.63, 3.8) is 0 Å². The topological polar surface area (TPSA) is 36.8 Å². The summed E-state index contributed by atoms with van der Waals surface area (Å²) < 4.78 is 0. The highest BCUT2D eigenvalue weighted by Gasteiger charge is 2.51. The molecule has 3 aliphatic carbocycles. The molecule has 1 aliphatic heterocycles. The van der Waals surface area contributed by atoms with E-state index in [1.807, 2.05) is 18.2 Å². The fraction of sp³-hybridized carbons (Fsp3) is 0.640. The van der Waals surface area contributed by atoms with E-state index in [9.17, 15) is 4.79 Å². The van der Waals surface area contributed by atoms with Gasteiger partial charge in [-0.25, -0.2) is 4.79 Å². The minimum absolute atomic E-state index is 0.0517. The second-order valence-electron chi connectivity index (χ2n) is 10.0. The number of carbonyl (C=O) groups excluding carboxylic acids is 1. The lowest BCUT2D eigenvalue weighted by Crippen LogP contribution is -3.13. The maximum Gasteiger partial charge on any atom is 0.322 e. The summed E-state index contributed by atoms with van der Waals surface area (Å²) in [5.41, 5.74) is 3.93. The van der Waals surface area contributed by atoms with Crippen molar-refractivity contribution in [3.8, 4) is 0 Å². The van der Waals surface area contributed by atoms with Gasteiger partial charge >= 0.3 is 6.03 Å². The number of piperidine rings is 1. The number of benzene rings is 1. The van der Waals surface area contributed by atoms with Crippen LogP contribution in [0.3, 0.4) is 0 Å². The Labute approximate surface area is 176 Å². The summed E-state index contributed by atoms with van der Waals surface area (Å²) >= 11 is 0. The number of urea groups is 1. The molecule has 1 aromatic rings. The third-order valence-corrected chi connectivity index (χ3v) is 7.93. The number of carbonyl (C=O) groups is 1. The Bertz CT molecular complexity index is 763. The second-order valence-corrected chi connectivity index (χ2v) is 10.0. The fourth-order valence-corrected chi connectivity index (χ4v) is 5.63. The first-order valence-corrected chi connectivity index (χ1v) is 11.6. The number of fused-ring (bicyclic) bond motifs is 1. The largest absolute Gasteiger partial charge is 0.333 e.